The van der Waals surface area contributed by atoms with E-state index in [0.29, 0.717) is 33.0 Å². The first kappa shape index (κ1) is 45.4. The lowest BCUT2D eigenvalue weighted by atomic mass is 9.89. The summed E-state index contributed by atoms with van der Waals surface area (Å²) >= 11 is 0. The zero-order chi connectivity index (χ0) is 44.5. The van der Waals surface area contributed by atoms with E-state index in [-0.39, 0.29) is 5.04 Å². The van der Waals surface area contributed by atoms with Gasteiger partial charge in [-0.1, -0.05) is 192 Å². The lowest BCUT2D eigenvalue weighted by molar-refractivity contribution is -0.275. The Morgan fingerprint density at radius 3 is 1.55 bits per heavy atom. The van der Waals surface area contributed by atoms with Gasteiger partial charge in [-0.15, -0.1) is 0 Å². The van der Waals surface area contributed by atoms with Gasteiger partial charge in [0.05, 0.1) is 33.0 Å². The van der Waals surface area contributed by atoms with E-state index in [2.05, 4.69) is 166 Å². The van der Waals surface area contributed by atoms with Crippen LogP contribution in [-0.4, -0.2) is 43.5 Å². The molecule has 0 unspecified atom stereocenters. The number of rotatable bonds is 18. The maximum absolute atomic E-state index is 7.40. The molecule has 6 nitrogen and oxygen atoms in total. The number of nitrogens with zero attached hydrogens (tertiary/aromatic N) is 1. The molecule has 2 heterocycles. The molecule has 0 amide bonds. The lowest BCUT2D eigenvalue weighted by Gasteiger charge is -2.46. The molecule has 1 aliphatic heterocycles. The minimum absolute atomic E-state index is 0.131. The number of hydrogen-bond donors (Lipinski definition) is 0. The smallest absolute Gasteiger partial charge is 0.161 e. The number of fused-ring (bicyclic) bond motifs is 1. The molecule has 5 atom stereocenters. The van der Waals surface area contributed by atoms with Crippen molar-refractivity contribution in [1.82, 2.24) is 4.23 Å². The number of aryl methyl sites for hydroxylation is 1. The molecule has 332 valence electrons. The van der Waals surface area contributed by atoms with E-state index >= 15 is 0 Å². The predicted octanol–water partition coefficient (Wildman–Crippen LogP) is 13.1. The summed E-state index contributed by atoms with van der Waals surface area (Å²) in [4.78, 5) is 0. The van der Waals surface area contributed by atoms with E-state index in [9.17, 15) is 0 Å². The lowest BCUT2D eigenvalue weighted by Crippen LogP contribution is -2.58. The van der Waals surface area contributed by atoms with E-state index in [1.807, 2.05) is 48.5 Å². The Kier molecular flexibility index (Phi) is 14.8. The summed E-state index contributed by atoms with van der Waals surface area (Å²) in [7, 11) is -2.02. The molecule has 0 N–H and O–H groups in total. The fraction of sp³-hybridized carbons (Fsp3) is 0.333. The zero-order valence-corrected chi connectivity index (χ0v) is 39.5. The average Bonchev–Trinajstić information content (AvgIpc) is 3.69. The Bertz CT molecular complexity index is 2500. The van der Waals surface area contributed by atoms with Crippen LogP contribution in [0.5, 0.6) is 0 Å². The van der Waals surface area contributed by atoms with E-state index in [0.717, 1.165) is 40.7 Å². The fourth-order valence-electron chi connectivity index (χ4n) is 8.63. The largest absolute Gasteiger partial charge is 0.374 e. The quantitative estimate of drug-likeness (QED) is 0.0804. The SMILES string of the molecule is CCc1ccc(Cc2cn([Si](C)(C)C(C)(C)C)c3ccc([C@@H]4O[C@H](COCc5ccccc5)[C@@H](OCc5ccccc5)[C@H](OCc5ccccc5)[C@H]4OCc4ccccc4)cc23)cc1. The van der Waals surface area contributed by atoms with Gasteiger partial charge in [-0.3, -0.25) is 0 Å². The highest BCUT2D eigenvalue weighted by Crippen LogP contribution is 2.43. The van der Waals surface area contributed by atoms with Crippen molar-refractivity contribution in [2.24, 2.45) is 0 Å². The summed E-state index contributed by atoms with van der Waals surface area (Å²) in [6.45, 7) is 16.3. The van der Waals surface area contributed by atoms with Crippen LogP contribution >= 0.6 is 0 Å². The van der Waals surface area contributed by atoms with E-state index in [4.69, 9.17) is 23.7 Å². The maximum atomic E-state index is 7.40. The summed E-state index contributed by atoms with van der Waals surface area (Å²) in [6.07, 6.45) is 1.78. The molecule has 1 fully saturated rings. The Labute approximate surface area is 382 Å². The van der Waals surface area contributed by atoms with Crippen LogP contribution in [0, 0.1) is 0 Å². The highest BCUT2D eigenvalue weighted by Gasteiger charge is 2.49. The molecule has 6 aromatic carbocycles. The third-order valence-corrected chi connectivity index (χ3v) is 18.6. The van der Waals surface area contributed by atoms with Crippen LogP contribution in [0.1, 0.15) is 78.3 Å². The van der Waals surface area contributed by atoms with Crippen molar-refractivity contribution >= 4 is 19.1 Å². The van der Waals surface area contributed by atoms with Gasteiger partial charge < -0.3 is 27.9 Å². The molecular weight excluding hydrogens is 807 g/mol. The van der Waals surface area contributed by atoms with Crippen molar-refractivity contribution in [2.75, 3.05) is 6.61 Å². The van der Waals surface area contributed by atoms with E-state index in [1.54, 1.807) is 0 Å². The molecule has 0 radical (unpaired) electrons. The standard InChI is InChI=1S/C57H65NO5Si/c1-7-42-28-30-43(31-29-42)34-49-36-58(64(5,6)57(2,3)4)51-33-32-48(35-50(49)51)53-55(61-39-46-24-16-10-17-25-46)56(62-40-47-26-18-11-19-27-47)54(60-38-45-22-14-9-15-23-45)52(63-53)41-59-37-44-20-12-8-13-21-44/h8-33,35-36,52-56H,7,34,37-41H2,1-6H3/t52-,53+,54-,55+,56+/m1/s1. The summed E-state index contributed by atoms with van der Waals surface area (Å²) in [5.74, 6) is 0. The Morgan fingerprint density at radius 2 is 1.03 bits per heavy atom. The molecule has 7 aromatic rings. The Hall–Kier alpha value is -5.12. The predicted molar refractivity (Wildman–Crippen MR) is 262 cm³/mol. The van der Waals surface area contributed by atoms with Crippen LogP contribution in [0.25, 0.3) is 10.9 Å². The highest BCUT2D eigenvalue weighted by atomic mass is 28.3. The van der Waals surface area contributed by atoms with Crippen LogP contribution in [0.4, 0.5) is 0 Å². The van der Waals surface area contributed by atoms with Gasteiger partial charge in [0.2, 0.25) is 0 Å². The average molecular weight is 872 g/mol. The zero-order valence-electron chi connectivity index (χ0n) is 38.5. The third kappa shape index (κ3) is 10.9. The maximum Gasteiger partial charge on any atom is 0.161 e. The first-order chi connectivity index (χ1) is 31.1. The molecule has 0 bridgehead atoms. The van der Waals surface area contributed by atoms with E-state index < -0.39 is 38.8 Å². The third-order valence-electron chi connectivity index (χ3n) is 13.4. The Morgan fingerprint density at radius 1 is 0.547 bits per heavy atom. The summed E-state index contributed by atoms with van der Waals surface area (Å²) in [5, 5.41) is 1.37. The first-order valence-electron chi connectivity index (χ1n) is 23.0. The van der Waals surface area contributed by atoms with Gasteiger partial charge in [0.15, 0.2) is 8.24 Å². The minimum Gasteiger partial charge on any atom is -0.374 e. The number of benzene rings is 6. The van der Waals surface area contributed by atoms with Crippen molar-refractivity contribution in [3.63, 3.8) is 0 Å². The molecule has 8 rings (SSSR count). The topological polar surface area (TPSA) is 51.1 Å². The highest BCUT2D eigenvalue weighted by molar-refractivity contribution is 6.79. The van der Waals surface area contributed by atoms with Gasteiger partial charge in [-0.05, 0) is 80.7 Å². The molecule has 0 aliphatic carbocycles. The molecular formula is C57H65NO5Si. The van der Waals surface area contributed by atoms with Gasteiger partial charge >= 0.3 is 0 Å². The second kappa shape index (κ2) is 20.8. The van der Waals surface area contributed by atoms with Crippen LogP contribution < -0.4 is 0 Å². The van der Waals surface area contributed by atoms with Crippen molar-refractivity contribution in [2.45, 2.75) is 116 Å². The molecule has 64 heavy (non-hydrogen) atoms. The van der Waals surface area contributed by atoms with Crippen LogP contribution in [0.15, 0.2) is 170 Å². The normalized spacial score (nSPS) is 19.2. The van der Waals surface area contributed by atoms with Crippen molar-refractivity contribution in [3.05, 3.63) is 214 Å². The van der Waals surface area contributed by atoms with Crippen LogP contribution in [0.2, 0.25) is 18.1 Å². The van der Waals surface area contributed by atoms with Crippen LogP contribution in [-0.2, 0) is 63.0 Å². The van der Waals surface area contributed by atoms with Crippen molar-refractivity contribution < 1.29 is 23.7 Å². The van der Waals surface area contributed by atoms with Gasteiger partial charge in [0.25, 0.3) is 0 Å². The molecule has 7 heteroatoms. The van der Waals surface area contributed by atoms with Gasteiger partial charge in [-0.25, -0.2) is 0 Å². The molecule has 1 saturated heterocycles. The number of ether oxygens (including phenoxy) is 5. The van der Waals surface area contributed by atoms with Gasteiger partial charge in [0, 0.05) is 10.9 Å². The van der Waals surface area contributed by atoms with Gasteiger partial charge in [-0.2, -0.15) is 0 Å². The molecule has 1 aromatic heterocycles. The van der Waals surface area contributed by atoms with Crippen molar-refractivity contribution in [3.8, 4) is 0 Å². The van der Waals surface area contributed by atoms with E-state index in [1.165, 1.54) is 27.6 Å². The van der Waals surface area contributed by atoms with Gasteiger partial charge in [0.1, 0.15) is 30.5 Å². The summed E-state index contributed by atoms with van der Waals surface area (Å²) in [5.41, 5.74) is 10.6. The second-order valence-corrected chi connectivity index (χ2v) is 23.9. The molecule has 0 spiro atoms. The first-order valence-corrected chi connectivity index (χ1v) is 26.0. The fourth-order valence-corrected chi connectivity index (χ4v) is 10.6. The number of aromatic nitrogens is 1. The number of hydrogen-bond acceptors (Lipinski definition) is 5. The summed E-state index contributed by atoms with van der Waals surface area (Å²) in [6, 6.07) is 57.4. The minimum atomic E-state index is -2.02. The Balaban J connectivity index is 1.24. The monoisotopic (exact) mass is 871 g/mol. The van der Waals surface area contributed by atoms with Crippen molar-refractivity contribution in [1.29, 1.82) is 0 Å². The summed E-state index contributed by atoms with van der Waals surface area (Å²) < 4.78 is 37.8. The molecule has 1 aliphatic rings. The molecule has 0 saturated carbocycles. The second-order valence-electron chi connectivity index (χ2n) is 18.8. The van der Waals surface area contributed by atoms with Crippen LogP contribution in [0.3, 0.4) is 0 Å².